The first-order chi connectivity index (χ1) is 10.2. The summed E-state index contributed by atoms with van der Waals surface area (Å²) in [4.78, 5) is 21.6. The summed E-state index contributed by atoms with van der Waals surface area (Å²) in [5.74, 6) is -3.92. The van der Waals surface area contributed by atoms with Crippen molar-refractivity contribution >= 4 is 11.9 Å². The Morgan fingerprint density at radius 3 is 1.73 bits per heavy atom. The van der Waals surface area contributed by atoms with Crippen molar-refractivity contribution in [2.75, 3.05) is 0 Å². The van der Waals surface area contributed by atoms with Gasteiger partial charge in [0, 0.05) is 0 Å². The van der Waals surface area contributed by atoms with Gasteiger partial charge in [-0.25, -0.2) is 0 Å². The Morgan fingerprint density at radius 1 is 0.818 bits per heavy atom. The van der Waals surface area contributed by atoms with E-state index in [1.807, 2.05) is 6.92 Å². The zero-order valence-electron chi connectivity index (χ0n) is 14.1. The lowest BCUT2D eigenvalue weighted by atomic mass is 10.0. The number of carboxylic acid groups (broad SMARTS) is 2. The number of rotatable bonds is 10. The number of allylic oxidation sites excluding steroid dienone is 6. The first-order valence-corrected chi connectivity index (χ1v) is 7.64. The van der Waals surface area contributed by atoms with Crippen LogP contribution in [-0.4, -0.2) is 22.2 Å². The number of hydrogen-bond donors (Lipinski definition) is 2. The molecule has 4 nitrogen and oxygen atoms in total. The van der Waals surface area contributed by atoms with Gasteiger partial charge < -0.3 is 10.2 Å². The summed E-state index contributed by atoms with van der Waals surface area (Å²) < 4.78 is 0. The van der Waals surface area contributed by atoms with Gasteiger partial charge in [-0.2, -0.15) is 0 Å². The lowest BCUT2D eigenvalue weighted by molar-refractivity contribution is -0.154. The molecule has 22 heavy (non-hydrogen) atoms. The molecular formula is C18H28O4. The highest BCUT2D eigenvalue weighted by atomic mass is 16.4. The molecule has 0 bridgehead atoms. The molecule has 0 aliphatic carbocycles. The zero-order chi connectivity index (χ0) is 17.1. The Morgan fingerprint density at radius 2 is 1.27 bits per heavy atom. The summed E-state index contributed by atoms with van der Waals surface area (Å²) in [7, 11) is 0. The summed E-state index contributed by atoms with van der Waals surface area (Å²) in [5, 5.41) is 17.6. The molecule has 0 aromatic rings. The Kier molecular flexibility index (Phi) is 9.92. The van der Waals surface area contributed by atoms with E-state index in [0.717, 1.165) is 31.3 Å². The smallest absolute Gasteiger partial charge is 0.318 e. The largest absolute Gasteiger partial charge is 0.481 e. The van der Waals surface area contributed by atoms with Gasteiger partial charge in [0.15, 0.2) is 5.92 Å². The average molecular weight is 308 g/mol. The Labute approximate surface area is 133 Å². The fourth-order valence-electron chi connectivity index (χ4n) is 1.97. The number of aliphatic carboxylic acids is 2. The van der Waals surface area contributed by atoms with Crippen molar-refractivity contribution in [2.45, 2.75) is 59.8 Å². The number of hydrogen-bond acceptors (Lipinski definition) is 2. The van der Waals surface area contributed by atoms with E-state index in [-0.39, 0.29) is 6.42 Å². The molecule has 0 aliphatic heterocycles. The van der Waals surface area contributed by atoms with Crippen LogP contribution in [0.4, 0.5) is 0 Å². The van der Waals surface area contributed by atoms with Crippen LogP contribution in [0.15, 0.2) is 34.9 Å². The van der Waals surface area contributed by atoms with Crippen LogP contribution in [0.5, 0.6) is 0 Å². The predicted molar refractivity (Wildman–Crippen MR) is 88.8 cm³/mol. The van der Waals surface area contributed by atoms with E-state index in [1.54, 1.807) is 6.08 Å². The van der Waals surface area contributed by atoms with Gasteiger partial charge in [-0.1, -0.05) is 34.9 Å². The van der Waals surface area contributed by atoms with Crippen molar-refractivity contribution in [1.82, 2.24) is 0 Å². The van der Waals surface area contributed by atoms with E-state index in [4.69, 9.17) is 10.2 Å². The maximum atomic E-state index is 10.8. The molecule has 0 atom stereocenters. The van der Waals surface area contributed by atoms with E-state index >= 15 is 0 Å². The Bertz CT molecular complexity index is 451. The first-order valence-electron chi connectivity index (χ1n) is 7.64. The third-order valence-corrected chi connectivity index (χ3v) is 3.42. The van der Waals surface area contributed by atoms with Crippen LogP contribution >= 0.6 is 0 Å². The van der Waals surface area contributed by atoms with Crippen molar-refractivity contribution in [2.24, 2.45) is 5.92 Å². The molecule has 0 unspecified atom stereocenters. The molecule has 0 fully saturated rings. The van der Waals surface area contributed by atoms with Gasteiger partial charge in [0.1, 0.15) is 0 Å². The van der Waals surface area contributed by atoms with Gasteiger partial charge in [0.25, 0.3) is 0 Å². The molecule has 0 aromatic carbocycles. The first kappa shape index (κ1) is 20.2. The van der Waals surface area contributed by atoms with Crippen LogP contribution in [-0.2, 0) is 9.59 Å². The van der Waals surface area contributed by atoms with Crippen LogP contribution in [0.1, 0.15) is 59.8 Å². The molecule has 0 aromatic heterocycles. The third kappa shape index (κ3) is 9.97. The highest BCUT2D eigenvalue weighted by Gasteiger charge is 2.23. The Hall–Kier alpha value is -1.84. The van der Waals surface area contributed by atoms with Crippen LogP contribution in [0.25, 0.3) is 0 Å². The lowest BCUT2D eigenvalue weighted by Crippen LogP contribution is -2.22. The molecule has 0 heterocycles. The van der Waals surface area contributed by atoms with Crippen molar-refractivity contribution in [3.05, 3.63) is 34.9 Å². The predicted octanol–water partition coefficient (Wildman–Crippen LogP) is 4.58. The lowest BCUT2D eigenvalue weighted by Gasteiger charge is -2.05. The summed E-state index contributed by atoms with van der Waals surface area (Å²) in [5.41, 5.74) is 3.71. The standard InChI is InChI=1S/C18H28O4/c1-13(2)7-5-8-14(3)9-6-10-15(4)11-12-16(17(19)20)18(21)22/h7,9,11,16H,5-6,8,10,12H2,1-4H3,(H,19,20)(H,21,22). The van der Waals surface area contributed by atoms with E-state index in [0.29, 0.717) is 0 Å². The van der Waals surface area contributed by atoms with Crippen LogP contribution < -0.4 is 0 Å². The fraction of sp³-hybridized carbons (Fsp3) is 0.556. The summed E-state index contributed by atoms with van der Waals surface area (Å²) >= 11 is 0. The van der Waals surface area contributed by atoms with Crippen LogP contribution in [0, 0.1) is 5.92 Å². The second-order valence-electron chi connectivity index (χ2n) is 5.92. The van der Waals surface area contributed by atoms with E-state index < -0.39 is 17.9 Å². The Balaban J connectivity index is 4.23. The molecule has 0 saturated heterocycles. The molecule has 0 rings (SSSR count). The SMILES string of the molecule is CC(C)=CCCC(C)=CCCC(C)=CCC(C(=O)O)C(=O)O. The molecule has 0 aliphatic rings. The molecule has 2 N–H and O–H groups in total. The summed E-state index contributed by atoms with van der Waals surface area (Å²) in [6.45, 7) is 8.21. The van der Waals surface area contributed by atoms with Gasteiger partial charge >= 0.3 is 11.9 Å². The highest BCUT2D eigenvalue weighted by molar-refractivity contribution is 5.93. The zero-order valence-corrected chi connectivity index (χ0v) is 14.1. The second kappa shape index (κ2) is 10.8. The molecular weight excluding hydrogens is 280 g/mol. The van der Waals surface area contributed by atoms with Crippen molar-refractivity contribution in [3.63, 3.8) is 0 Å². The van der Waals surface area contributed by atoms with Gasteiger partial charge in [0.2, 0.25) is 0 Å². The van der Waals surface area contributed by atoms with E-state index in [1.165, 1.54) is 11.1 Å². The molecule has 124 valence electrons. The van der Waals surface area contributed by atoms with Crippen LogP contribution in [0.2, 0.25) is 0 Å². The highest BCUT2D eigenvalue weighted by Crippen LogP contribution is 2.14. The van der Waals surface area contributed by atoms with Crippen molar-refractivity contribution in [1.29, 1.82) is 0 Å². The van der Waals surface area contributed by atoms with Gasteiger partial charge in [-0.15, -0.1) is 0 Å². The maximum absolute atomic E-state index is 10.8. The minimum absolute atomic E-state index is 0.0414. The molecule has 0 amide bonds. The maximum Gasteiger partial charge on any atom is 0.318 e. The molecule has 4 heteroatoms. The average Bonchev–Trinajstić information content (AvgIpc) is 2.37. The van der Waals surface area contributed by atoms with Gasteiger partial charge in [-0.3, -0.25) is 9.59 Å². The number of carbonyl (C=O) groups is 2. The second-order valence-corrected chi connectivity index (χ2v) is 5.92. The molecule has 0 radical (unpaired) electrons. The van der Waals surface area contributed by atoms with E-state index in [9.17, 15) is 9.59 Å². The van der Waals surface area contributed by atoms with Crippen molar-refractivity contribution < 1.29 is 19.8 Å². The van der Waals surface area contributed by atoms with Crippen molar-refractivity contribution in [3.8, 4) is 0 Å². The number of carboxylic acids is 2. The minimum Gasteiger partial charge on any atom is -0.481 e. The third-order valence-electron chi connectivity index (χ3n) is 3.42. The topological polar surface area (TPSA) is 74.6 Å². The molecule has 0 saturated carbocycles. The monoisotopic (exact) mass is 308 g/mol. The van der Waals surface area contributed by atoms with E-state index in [2.05, 4.69) is 32.9 Å². The normalized spacial score (nSPS) is 12.4. The molecule has 0 spiro atoms. The van der Waals surface area contributed by atoms with Crippen LogP contribution in [0.3, 0.4) is 0 Å². The summed E-state index contributed by atoms with van der Waals surface area (Å²) in [6, 6.07) is 0. The minimum atomic E-state index is -1.35. The van der Waals surface area contributed by atoms with Gasteiger partial charge in [0.05, 0.1) is 0 Å². The van der Waals surface area contributed by atoms with Gasteiger partial charge in [-0.05, 0) is 59.8 Å². The summed E-state index contributed by atoms with van der Waals surface area (Å²) in [6.07, 6.45) is 10.0. The quantitative estimate of drug-likeness (QED) is 0.457. The fourth-order valence-corrected chi connectivity index (χ4v) is 1.97.